The van der Waals surface area contributed by atoms with E-state index in [0.717, 1.165) is 32.2 Å². The number of benzene rings is 1. The van der Waals surface area contributed by atoms with E-state index >= 15 is 0 Å². The number of hydrogen-bond acceptors (Lipinski definition) is 7. The lowest BCUT2D eigenvalue weighted by atomic mass is 9.69. The number of carbonyl (C=O) groups excluding carboxylic acids is 2. The van der Waals surface area contributed by atoms with Crippen molar-refractivity contribution in [3.05, 3.63) is 30.3 Å². The van der Waals surface area contributed by atoms with Gasteiger partial charge in [-0.1, -0.05) is 32.0 Å². The normalized spacial score (nSPS) is 31.4. The highest BCUT2D eigenvalue weighted by Gasteiger charge is 2.66. The van der Waals surface area contributed by atoms with E-state index in [-0.39, 0.29) is 41.6 Å². The quantitative estimate of drug-likeness (QED) is 0.513. The summed E-state index contributed by atoms with van der Waals surface area (Å²) >= 11 is 0. The van der Waals surface area contributed by atoms with Crippen LogP contribution in [0.2, 0.25) is 0 Å². The fraction of sp³-hybridized carbons (Fsp3) is 0.692. The van der Waals surface area contributed by atoms with Crippen molar-refractivity contribution in [2.24, 2.45) is 16.7 Å². The first-order valence-corrected chi connectivity index (χ1v) is 14.0. The number of rotatable bonds is 8. The number of fused-ring (bicyclic) bond motifs is 2. The number of methoxy groups -OCH3 is 1. The highest BCUT2D eigenvalue weighted by atomic mass is 32.2. The van der Waals surface area contributed by atoms with Gasteiger partial charge < -0.3 is 9.47 Å². The van der Waals surface area contributed by atoms with Gasteiger partial charge in [-0.25, -0.2) is 8.42 Å². The molecule has 0 unspecified atom stereocenters. The fourth-order valence-corrected chi connectivity index (χ4v) is 8.95. The summed E-state index contributed by atoms with van der Waals surface area (Å²) < 4.78 is 37.8. The maximum Gasteiger partial charge on any atom is 0.323 e. The summed E-state index contributed by atoms with van der Waals surface area (Å²) in [5.41, 5.74) is -0.843. The van der Waals surface area contributed by atoms with Crippen molar-refractivity contribution in [1.29, 1.82) is 0 Å². The van der Waals surface area contributed by atoms with Gasteiger partial charge in [0.2, 0.25) is 0 Å². The summed E-state index contributed by atoms with van der Waals surface area (Å²) in [5, 5.41) is 0. The van der Waals surface area contributed by atoms with E-state index < -0.39 is 21.4 Å². The number of ether oxygens (including phenoxy) is 2. The zero-order valence-corrected chi connectivity index (χ0v) is 21.5. The Hall–Kier alpha value is -1.93. The molecule has 7 nitrogen and oxygen atoms in total. The smallest absolute Gasteiger partial charge is 0.323 e. The van der Waals surface area contributed by atoms with E-state index in [0.29, 0.717) is 17.2 Å². The van der Waals surface area contributed by atoms with Crippen LogP contribution in [0.3, 0.4) is 0 Å². The van der Waals surface area contributed by atoms with Crippen LogP contribution in [0.15, 0.2) is 35.2 Å². The van der Waals surface area contributed by atoms with Crippen molar-refractivity contribution in [3.8, 4) is 0 Å². The van der Waals surface area contributed by atoms with E-state index in [2.05, 4.69) is 13.8 Å². The molecule has 0 spiro atoms. The summed E-state index contributed by atoms with van der Waals surface area (Å²) in [6.07, 6.45) is 3.75. The number of nitrogens with zero attached hydrogens (tertiary/aromatic N) is 1. The summed E-state index contributed by atoms with van der Waals surface area (Å²) in [6.45, 7) is 6.94. The molecule has 1 saturated heterocycles. The van der Waals surface area contributed by atoms with E-state index in [4.69, 9.17) is 9.47 Å². The first-order chi connectivity index (χ1) is 16.0. The van der Waals surface area contributed by atoms with Crippen molar-refractivity contribution >= 4 is 21.8 Å². The van der Waals surface area contributed by atoms with Gasteiger partial charge in [-0.15, -0.1) is 0 Å². The second-order valence-electron chi connectivity index (χ2n) is 10.9. The molecule has 2 saturated carbocycles. The summed E-state index contributed by atoms with van der Waals surface area (Å²) in [6, 6.07) is 8.07. The highest BCUT2D eigenvalue weighted by Crippen LogP contribution is 2.67. The SMILES string of the molecule is COC(=O)[C@@H]1CCCN1[C@@H](C)CC(=O)O[C@H]1C[C@@H]2CC[C@@]1(CS(=O)(=O)c1ccccc1)C2(C)C. The maximum absolute atomic E-state index is 13.4. The van der Waals surface area contributed by atoms with E-state index in [1.54, 1.807) is 30.3 Å². The molecule has 0 amide bonds. The molecular formula is C26H37NO6S. The minimum absolute atomic E-state index is 0.0163. The third-order valence-corrected chi connectivity index (χ3v) is 10.9. The predicted molar refractivity (Wildman–Crippen MR) is 128 cm³/mol. The van der Waals surface area contributed by atoms with Crippen LogP contribution < -0.4 is 0 Å². The van der Waals surface area contributed by atoms with Crippen molar-refractivity contribution in [3.63, 3.8) is 0 Å². The Balaban J connectivity index is 1.49. The minimum atomic E-state index is -3.53. The first-order valence-electron chi connectivity index (χ1n) is 12.3. The van der Waals surface area contributed by atoms with Gasteiger partial charge in [0.15, 0.2) is 9.84 Å². The average molecular weight is 492 g/mol. The van der Waals surface area contributed by atoms with Gasteiger partial charge in [0.25, 0.3) is 0 Å². The molecule has 188 valence electrons. The number of likely N-dealkylation sites (tertiary alicyclic amines) is 1. The Labute approximate surface area is 203 Å². The number of carbonyl (C=O) groups is 2. The Morgan fingerprint density at radius 1 is 1.18 bits per heavy atom. The zero-order valence-electron chi connectivity index (χ0n) is 20.7. The molecule has 3 fully saturated rings. The largest absolute Gasteiger partial charge is 0.468 e. The van der Waals surface area contributed by atoms with Crippen LogP contribution in [-0.2, 0) is 28.9 Å². The molecular weight excluding hydrogens is 454 g/mol. The number of hydrogen-bond donors (Lipinski definition) is 0. The lowest BCUT2D eigenvalue weighted by Gasteiger charge is -2.41. The Morgan fingerprint density at radius 2 is 1.88 bits per heavy atom. The van der Waals surface area contributed by atoms with Gasteiger partial charge in [-0.3, -0.25) is 14.5 Å². The van der Waals surface area contributed by atoms with Crippen LogP contribution in [0, 0.1) is 16.7 Å². The Morgan fingerprint density at radius 3 is 2.53 bits per heavy atom. The van der Waals surface area contributed by atoms with Crippen LogP contribution in [-0.4, -0.2) is 62.9 Å². The van der Waals surface area contributed by atoms with Crippen LogP contribution in [0.5, 0.6) is 0 Å². The third-order valence-electron chi connectivity index (χ3n) is 8.98. The van der Waals surface area contributed by atoms with Gasteiger partial charge in [-0.05, 0) is 69.0 Å². The molecule has 4 rings (SSSR count). The van der Waals surface area contributed by atoms with Crippen LogP contribution in [0.25, 0.3) is 0 Å². The summed E-state index contributed by atoms with van der Waals surface area (Å²) in [4.78, 5) is 27.5. The van der Waals surface area contributed by atoms with Gasteiger partial charge in [0.1, 0.15) is 12.1 Å². The molecule has 2 aliphatic carbocycles. The Bertz CT molecular complexity index is 1020. The van der Waals surface area contributed by atoms with E-state index in [1.807, 2.05) is 11.8 Å². The van der Waals surface area contributed by atoms with E-state index in [9.17, 15) is 18.0 Å². The zero-order chi connectivity index (χ0) is 24.7. The lowest BCUT2D eigenvalue weighted by molar-refractivity contribution is -0.159. The second kappa shape index (κ2) is 9.26. The first kappa shape index (κ1) is 25.2. The molecule has 8 heteroatoms. The highest BCUT2D eigenvalue weighted by molar-refractivity contribution is 7.91. The molecule has 5 atom stereocenters. The van der Waals surface area contributed by atoms with E-state index in [1.165, 1.54) is 7.11 Å². The fourth-order valence-electron chi connectivity index (χ4n) is 6.83. The third kappa shape index (κ3) is 4.28. The molecule has 1 heterocycles. The second-order valence-corrected chi connectivity index (χ2v) is 12.9. The standard InChI is InChI=1S/C26H37NO6S/c1-18(27-14-8-11-21(27)24(29)32-4)15-23(28)33-22-16-19-12-13-26(22,25(19,2)3)17-34(30,31)20-9-6-5-7-10-20/h5-7,9-10,18-19,21-22H,8,11-17H2,1-4H3/t18-,19-,21-,22-,26-/m0/s1. The molecule has 1 aliphatic heterocycles. The Kier molecular flexibility index (Phi) is 6.86. The molecule has 0 N–H and O–H groups in total. The molecule has 1 aromatic carbocycles. The molecule has 2 bridgehead atoms. The average Bonchev–Trinajstić information content (AvgIpc) is 3.43. The van der Waals surface area contributed by atoms with Crippen LogP contribution in [0.1, 0.15) is 59.3 Å². The van der Waals surface area contributed by atoms with Crippen molar-refractivity contribution in [2.45, 2.75) is 82.4 Å². The lowest BCUT2D eigenvalue weighted by Crippen LogP contribution is -2.47. The van der Waals surface area contributed by atoms with Crippen LogP contribution in [0.4, 0.5) is 0 Å². The van der Waals surface area contributed by atoms with Gasteiger partial charge in [0.05, 0.1) is 24.2 Å². The van der Waals surface area contributed by atoms with Crippen molar-refractivity contribution in [2.75, 3.05) is 19.4 Å². The summed E-state index contributed by atoms with van der Waals surface area (Å²) in [5.74, 6) is -0.279. The number of esters is 2. The number of sulfone groups is 1. The molecule has 3 aliphatic rings. The van der Waals surface area contributed by atoms with Gasteiger partial charge in [-0.2, -0.15) is 0 Å². The molecule has 1 aromatic rings. The monoisotopic (exact) mass is 491 g/mol. The molecule has 34 heavy (non-hydrogen) atoms. The maximum atomic E-state index is 13.4. The van der Waals surface area contributed by atoms with Crippen LogP contribution >= 0.6 is 0 Å². The van der Waals surface area contributed by atoms with Gasteiger partial charge in [0, 0.05) is 11.5 Å². The predicted octanol–water partition coefficient (Wildman–Crippen LogP) is 3.61. The van der Waals surface area contributed by atoms with Crippen molar-refractivity contribution < 1.29 is 27.5 Å². The minimum Gasteiger partial charge on any atom is -0.468 e. The van der Waals surface area contributed by atoms with Gasteiger partial charge >= 0.3 is 11.9 Å². The molecule has 0 radical (unpaired) electrons. The molecule has 0 aromatic heterocycles. The van der Waals surface area contributed by atoms with Crippen molar-refractivity contribution in [1.82, 2.24) is 4.90 Å². The topological polar surface area (TPSA) is 90.0 Å². The summed E-state index contributed by atoms with van der Waals surface area (Å²) in [7, 11) is -2.15.